The van der Waals surface area contributed by atoms with Crippen LogP contribution in [-0.2, 0) is 6.61 Å². The van der Waals surface area contributed by atoms with Crippen LogP contribution in [0.15, 0.2) is 40.9 Å². The lowest BCUT2D eigenvalue weighted by atomic mass is 10.2. The van der Waals surface area contributed by atoms with E-state index in [4.69, 9.17) is 21.1 Å². The molecular weight excluding hydrogens is 362 g/mol. The lowest BCUT2D eigenvalue weighted by Gasteiger charge is -2.11. The van der Waals surface area contributed by atoms with Crippen molar-refractivity contribution in [2.75, 3.05) is 7.11 Å². The first kappa shape index (κ1) is 15.6. The largest absolute Gasteiger partial charge is 0.496 e. The maximum absolute atomic E-state index is 11.0. The first-order valence-corrected chi connectivity index (χ1v) is 7.08. The zero-order chi connectivity index (χ0) is 15.4. The number of rotatable bonds is 5. The molecule has 110 valence electrons. The van der Waals surface area contributed by atoms with Gasteiger partial charge in [-0.25, -0.2) is 0 Å². The van der Waals surface area contributed by atoms with Gasteiger partial charge >= 0.3 is 5.69 Å². The van der Waals surface area contributed by atoms with Crippen LogP contribution in [0.5, 0.6) is 11.5 Å². The summed E-state index contributed by atoms with van der Waals surface area (Å²) in [6.07, 6.45) is 0. The maximum atomic E-state index is 11.0. The minimum atomic E-state index is -0.528. The number of nitro benzene ring substituents is 1. The molecule has 5 nitrogen and oxygen atoms in total. The van der Waals surface area contributed by atoms with E-state index in [2.05, 4.69) is 15.9 Å². The summed E-state index contributed by atoms with van der Waals surface area (Å²) < 4.78 is 11.6. The van der Waals surface area contributed by atoms with Crippen molar-refractivity contribution in [1.82, 2.24) is 0 Å². The lowest BCUT2D eigenvalue weighted by Crippen LogP contribution is -2.01. The summed E-state index contributed by atoms with van der Waals surface area (Å²) in [7, 11) is 1.55. The molecular formula is C14H11BrClNO4. The van der Waals surface area contributed by atoms with Crippen LogP contribution in [0.25, 0.3) is 0 Å². The predicted molar refractivity (Wildman–Crippen MR) is 83.1 cm³/mol. The topological polar surface area (TPSA) is 61.6 Å². The third-order valence-electron chi connectivity index (χ3n) is 2.76. The Balaban J connectivity index is 2.28. The third kappa shape index (κ3) is 3.65. The average molecular weight is 373 g/mol. The van der Waals surface area contributed by atoms with Gasteiger partial charge in [0.2, 0.25) is 5.75 Å². The molecule has 0 saturated carbocycles. The summed E-state index contributed by atoms with van der Waals surface area (Å²) in [6.45, 7) is 0.104. The van der Waals surface area contributed by atoms with Gasteiger partial charge in [-0.3, -0.25) is 10.1 Å². The van der Waals surface area contributed by atoms with Crippen LogP contribution in [0, 0.1) is 10.1 Å². The average Bonchev–Trinajstić information content (AvgIpc) is 2.45. The van der Waals surface area contributed by atoms with Crippen molar-refractivity contribution in [3.05, 3.63) is 61.6 Å². The molecule has 0 fully saturated rings. The number of halogens is 2. The van der Waals surface area contributed by atoms with Gasteiger partial charge in [0.1, 0.15) is 12.4 Å². The first-order valence-electron chi connectivity index (χ1n) is 5.91. The standard InChI is InChI=1S/C14H11BrClNO4/c1-20-13-6-5-10(15)7-9(13)8-21-14-11(16)3-2-4-12(14)17(18)19/h2-7H,8H2,1H3. The molecule has 0 unspecified atom stereocenters. The van der Waals surface area contributed by atoms with Crippen LogP contribution in [0.1, 0.15) is 5.56 Å². The lowest BCUT2D eigenvalue weighted by molar-refractivity contribution is -0.385. The number of hydrogen-bond acceptors (Lipinski definition) is 4. The monoisotopic (exact) mass is 371 g/mol. The van der Waals surface area contributed by atoms with Gasteiger partial charge in [-0.05, 0) is 24.3 Å². The van der Waals surface area contributed by atoms with Gasteiger partial charge < -0.3 is 9.47 Å². The number of benzene rings is 2. The molecule has 2 rings (SSSR count). The minimum absolute atomic E-state index is 0.0474. The van der Waals surface area contributed by atoms with Crippen LogP contribution in [0.3, 0.4) is 0 Å². The van der Waals surface area contributed by atoms with Crippen LogP contribution >= 0.6 is 27.5 Å². The van der Waals surface area contributed by atoms with Crippen molar-refractivity contribution < 1.29 is 14.4 Å². The van der Waals surface area contributed by atoms with Gasteiger partial charge in [-0.15, -0.1) is 0 Å². The highest BCUT2D eigenvalue weighted by Crippen LogP contribution is 2.35. The quantitative estimate of drug-likeness (QED) is 0.568. The number of nitrogens with zero attached hydrogens (tertiary/aromatic N) is 1. The molecule has 0 N–H and O–H groups in total. The fraction of sp³-hybridized carbons (Fsp3) is 0.143. The second-order valence-electron chi connectivity index (χ2n) is 4.09. The zero-order valence-electron chi connectivity index (χ0n) is 11.0. The van der Waals surface area contributed by atoms with Crippen LogP contribution in [0.4, 0.5) is 5.69 Å². The minimum Gasteiger partial charge on any atom is -0.496 e. The molecule has 7 heteroatoms. The zero-order valence-corrected chi connectivity index (χ0v) is 13.3. The van der Waals surface area contributed by atoms with Crippen molar-refractivity contribution in [1.29, 1.82) is 0 Å². The molecule has 0 aliphatic carbocycles. The third-order valence-corrected chi connectivity index (χ3v) is 3.55. The molecule has 0 aromatic heterocycles. The molecule has 0 saturated heterocycles. The Morgan fingerprint density at radius 2 is 2.10 bits per heavy atom. The summed E-state index contributed by atoms with van der Waals surface area (Å²) in [5.74, 6) is 0.680. The Bertz CT molecular complexity index is 678. The van der Waals surface area contributed by atoms with E-state index in [0.717, 1.165) is 10.0 Å². The van der Waals surface area contributed by atoms with E-state index in [1.54, 1.807) is 19.2 Å². The molecule has 0 heterocycles. The highest BCUT2D eigenvalue weighted by molar-refractivity contribution is 9.10. The molecule has 21 heavy (non-hydrogen) atoms. The van der Waals surface area contributed by atoms with E-state index >= 15 is 0 Å². The Hall–Kier alpha value is -1.79. The number of methoxy groups -OCH3 is 1. The smallest absolute Gasteiger partial charge is 0.312 e. The van der Waals surface area contributed by atoms with Crippen molar-refractivity contribution in [2.45, 2.75) is 6.61 Å². The number of nitro groups is 1. The van der Waals surface area contributed by atoms with Gasteiger partial charge in [-0.1, -0.05) is 33.6 Å². The molecule has 0 radical (unpaired) electrons. The van der Waals surface area contributed by atoms with E-state index in [1.165, 1.54) is 12.1 Å². The molecule has 0 aliphatic heterocycles. The van der Waals surface area contributed by atoms with Crippen molar-refractivity contribution in [3.63, 3.8) is 0 Å². The predicted octanol–water partition coefficient (Wildman–Crippen LogP) is 4.60. The number of ether oxygens (including phenoxy) is 2. The van der Waals surface area contributed by atoms with Crippen LogP contribution in [0.2, 0.25) is 5.02 Å². The highest BCUT2D eigenvalue weighted by Gasteiger charge is 2.18. The summed E-state index contributed by atoms with van der Waals surface area (Å²) in [5, 5.41) is 11.2. The number of hydrogen-bond donors (Lipinski definition) is 0. The highest BCUT2D eigenvalue weighted by atomic mass is 79.9. The Labute approximate surface area is 134 Å². The van der Waals surface area contributed by atoms with Gasteiger partial charge in [-0.2, -0.15) is 0 Å². The summed E-state index contributed by atoms with van der Waals surface area (Å²) in [6, 6.07) is 9.83. The van der Waals surface area contributed by atoms with Crippen LogP contribution < -0.4 is 9.47 Å². The summed E-state index contributed by atoms with van der Waals surface area (Å²) >= 11 is 9.33. The fourth-order valence-electron chi connectivity index (χ4n) is 1.79. The Kier molecular flexibility index (Phi) is 5.03. The summed E-state index contributed by atoms with van der Waals surface area (Å²) in [4.78, 5) is 10.5. The molecule has 2 aromatic carbocycles. The second-order valence-corrected chi connectivity index (χ2v) is 5.41. The van der Waals surface area contributed by atoms with E-state index in [9.17, 15) is 10.1 Å². The first-order chi connectivity index (χ1) is 10.0. The van der Waals surface area contributed by atoms with Gasteiger partial charge in [0.05, 0.1) is 17.1 Å². The van der Waals surface area contributed by atoms with E-state index in [-0.39, 0.29) is 23.1 Å². The molecule has 2 aromatic rings. The normalized spacial score (nSPS) is 10.2. The van der Waals surface area contributed by atoms with Gasteiger partial charge in [0.25, 0.3) is 0 Å². The SMILES string of the molecule is COc1ccc(Br)cc1COc1c(Cl)cccc1[N+](=O)[O-]. The number of para-hydroxylation sites is 1. The Morgan fingerprint density at radius 3 is 2.76 bits per heavy atom. The molecule has 0 amide bonds. The molecule has 0 spiro atoms. The van der Waals surface area contributed by atoms with Crippen molar-refractivity contribution in [3.8, 4) is 11.5 Å². The van der Waals surface area contributed by atoms with E-state index < -0.39 is 4.92 Å². The van der Waals surface area contributed by atoms with Gasteiger partial charge in [0.15, 0.2) is 0 Å². The fourth-order valence-corrected chi connectivity index (χ4v) is 2.43. The van der Waals surface area contributed by atoms with Crippen molar-refractivity contribution in [2.24, 2.45) is 0 Å². The van der Waals surface area contributed by atoms with Gasteiger partial charge in [0, 0.05) is 16.1 Å². The molecule has 0 bridgehead atoms. The second kappa shape index (κ2) is 6.78. The molecule has 0 aliphatic rings. The van der Waals surface area contributed by atoms with Crippen molar-refractivity contribution >= 4 is 33.2 Å². The molecule has 0 atom stereocenters. The summed E-state index contributed by atoms with van der Waals surface area (Å²) in [5.41, 5.74) is 0.581. The van der Waals surface area contributed by atoms with Crippen LogP contribution in [-0.4, -0.2) is 12.0 Å². The maximum Gasteiger partial charge on any atom is 0.312 e. The Morgan fingerprint density at radius 1 is 1.33 bits per heavy atom. The van der Waals surface area contributed by atoms with E-state index in [1.807, 2.05) is 12.1 Å². The van der Waals surface area contributed by atoms with E-state index in [0.29, 0.717) is 5.75 Å².